The zero-order valence-corrected chi connectivity index (χ0v) is 11.3. The second-order valence-electron chi connectivity index (χ2n) is 5.36. The van der Waals surface area contributed by atoms with E-state index in [1.807, 2.05) is 0 Å². The molecule has 0 saturated heterocycles. The van der Waals surface area contributed by atoms with Gasteiger partial charge in [-0.1, -0.05) is 12.8 Å². The summed E-state index contributed by atoms with van der Waals surface area (Å²) >= 11 is 0. The molecule has 1 fully saturated rings. The van der Waals surface area contributed by atoms with E-state index in [0.717, 1.165) is 37.8 Å². The summed E-state index contributed by atoms with van der Waals surface area (Å²) in [6, 6.07) is 3.30. The number of hydrogen-bond acceptors (Lipinski definition) is 3. The molecule has 1 amide bonds. The summed E-state index contributed by atoms with van der Waals surface area (Å²) in [5, 5.41) is 21.6. The molecule has 1 aliphatic carbocycles. The van der Waals surface area contributed by atoms with Crippen molar-refractivity contribution in [2.75, 3.05) is 13.2 Å². The number of hydrogen-bond donors (Lipinski definition) is 3. The molecule has 0 radical (unpaired) electrons. The number of aliphatic hydroxyl groups excluding tert-OH is 1. The number of amides is 1. The summed E-state index contributed by atoms with van der Waals surface area (Å²) in [6.45, 7) is 0.575. The molecule has 2 rings (SSSR count). The molecule has 20 heavy (non-hydrogen) atoms. The van der Waals surface area contributed by atoms with E-state index in [2.05, 4.69) is 5.32 Å². The molecule has 5 heteroatoms. The summed E-state index contributed by atoms with van der Waals surface area (Å²) < 4.78 is 13.1. The van der Waals surface area contributed by atoms with Crippen LogP contribution in [0.25, 0.3) is 0 Å². The zero-order chi connectivity index (χ0) is 14.5. The standard InChI is InChI=1S/C15H20FNO3/c16-12-5-6-14(19)13(7-12)15(20)17-8-10-3-1-2-4-11(10)9-18/h5-7,10-11,18-19H,1-4,8-9H2,(H,17,20). The molecule has 1 aromatic carbocycles. The number of phenolic OH excluding ortho intramolecular Hbond substituents is 1. The SMILES string of the molecule is O=C(NCC1CCCCC1CO)c1cc(F)ccc1O. The van der Waals surface area contributed by atoms with Crippen LogP contribution in [-0.4, -0.2) is 29.3 Å². The quantitative estimate of drug-likeness (QED) is 0.791. The van der Waals surface area contributed by atoms with E-state index in [9.17, 15) is 19.4 Å². The van der Waals surface area contributed by atoms with Crippen LogP contribution in [0.1, 0.15) is 36.0 Å². The van der Waals surface area contributed by atoms with E-state index in [1.165, 1.54) is 6.07 Å². The van der Waals surface area contributed by atoms with Crippen molar-refractivity contribution in [1.82, 2.24) is 5.32 Å². The number of rotatable bonds is 4. The Kier molecular flexibility index (Phi) is 4.95. The molecule has 110 valence electrons. The van der Waals surface area contributed by atoms with E-state index in [-0.39, 0.29) is 29.8 Å². The minimum Gasteiger partial charge on any atom is -0.507 e. The van der Waals surface area contributed by atoms with Crippen LogP contribution >= 0.6 is 0 Å². The fourth-order valence-corrected chi connectivity index (χ4v) is 2.80. The Morgan fingerprint density at radius 1 is 1.30 bits per heavy atom. The first-order chi connectivity index (χ1) is 9.61. The lowest BCUT2D eigenvalue weighted by Crippen LogP contribution is -2.35. The molecule has 0 aromatic heterocycles. The summed E-state index contributed by atoms with van der Waals surface area (Å²) in [5.41, 5.74) is -0.0543. The maximum atomic E-state index is 13.1. The maximum Gasteiger partial charge on any atom is 0.255 e. The third-order valence-corrected chi connectivity index (χ3v) is 4.03. The van der Waals surface area contributed by atoms with Gasteiger partial charge in [-0.25, -0.2) is 4.39 Å². The molecule has 0 bridgehead atoms. The highest BCUT2D eigenvalue weighted by Gasteiger charge is 2.25. The van der Waals surface area contributed by atoms with Crippen molar-refractivity contribution in [3.8, 4) is 5.75 Å². The average Bonchev–Trinajstić information content (AvgIpc) is 2.47. The fraction of sp³-hybridized carbons (Fsp3) is 0.533. The Hall–Kier alpha value is -1.62. The topological polar surface area (TPSA) is 69.6 Å². The van der Waals surface area contributed by atoms with Gasteiger partial charge >= 0.3 is 0 Å². The van der Waals surface area contributed by atoms with E-state index in [4.69, 9.17) is 0 Å². The molecule has 1 saturated carbocycles. The number of phenols is 1. The maximum absolute atomic E-state index is 13.1. The number of aliphatic hydroxyl groups is 1. The molecular formula is C15H20FNO3. The van der Waals surface area contributed by atoms with Gasteiger partial charge in [-0.3, -0.25) is 4.79 Å². The molecule has 0 aliphatic heterocycles. The van der Waals surface area contributed by atoms with Crippen molar-refractivity contribution < 1.29 is 19.4 Å². The first kappa shape index (κ1) is 14.8. The number of halogens is 1. The lowest BCUT2D eigenvalue weighted by molar-refractivity contribution is 0.0906. The van der Waals surface area contributed by atoms with Crippen molar-refractivity contribution in [2.24, 2.45) is 11.8 Å². The molecule has 3 N–H and O–H groups in total. The van der Waals surface area contributed by atoms with Gasteiger partial charge in [-0.15, -0.1) is 0 Å². The van der Waals surface area contributed by atoms with Crippen LogP contribution in [-0.2, 0) is 0 Å². The largest absolute Gasteiger partial charge is 0.507 e. The highest BCUT2D eigenvalue weighted by molar-refractivity contribution is 5.96. The summed E-state index contributed by atoms with van der Waals surface area (Å²) in [7, 11) is 0. The van der Waals surface area contributed by atoms with Gasteiger partial charge in [-0.05, 0) is 42.9 Å². The van der Waals surface area contributed by atoms with E-state index >= 15 is 0 Å². The highest BCUT2D eigenvalue weighted by Crippen LogP contribution is 2.29. The van der Waals surface area contributed by atoms with Gasteiger partial charge in [0.05, 0.1) is 5.56 Å². The first-order valence-electron chi connectivity index (χ1n) is 6.99. The molecule has 1 aliphatic rings. The average molecular weight is 281 g/mol. The van der Waals surface area contributed by atoms with E-state index in [1.54, 1.807) is 0 Å². The molecule has 4 nitrogen and oxygen atoms in total. The smallest absolute Gasteiger partial charge is 0.255 e. The van der Waals surface area contributed by atoms with Crippen molar-refractivity contribution in [3.05, 3.63) is 29.6 Å². The summed E-state index contributed by atoms with van der Waals surface area (Å²) in [4.78, 5) is 12.0. The molecule has 2 unspecified atom stereocenters. The number of nitrogens with one attached hydrogen (secondary N) is 1. The number of carbonyl (C=O) groups excluding carboxylic acids is 1. The van der Waals surface area contributed by atoms with Gasteiger partial charge in [0.25, 0.3) is 5.91 Å². The Labute approximate surface area is 117 Å². The lowest BCUT2D eigenvalue weighted by Gasteiger charge is -2.30. The highest BCUT2D eigenvalue weighted by atomic mass is 19.1. The third kappa shape index (κ3) is 3.48. The van der Waals surface area contributed by atoms with Gasteiger partial charge in [0, 0.05) is 13.2 Å². The van der Waals surface area contributed by atoms with Crippen LogP contribution in [0, 0.1) is 17.7 Å². The molecule has 0 heterocycles. The minimum atomic E-state index is -0.557. The predicted molar refractivity (Wildman–Crippen MR) is 72.9 cm³/mol. The summed E-state index contributed by atoms with van der Waals surface area (Å²) in [5.74, 6) is -0.812. The van der Waals surface area contributed by atoms with Crippen molar-refractivity contribution in [1.29, 1.82) is 0 Å². The molecular weight excluding hydrogens is 261 g/mol. The molecule has 0 spiro atoms. The van der Waals surface area contributed by atoms with Crippen LogP contribution < -0.4 is 5.32 Å². The second kappa shape index (κ2) is 6.70. The summed E-state index contributed by atoms with van der Waals surface area (Å²) in [6.07, 6.45) is 4.16. The van der Waals surface area contributed by atoms with Gasteiger partial charge in [0.15, 0.2) is 0 Å². The normalized spacial score (nSPS) is 22.5. The number of carbonyl (C=O) groups is 1. The monoisotopic (exact) mass is 281 g/mol. The predicted octanol–water partition coefficient (Wildman–Crippen LogP) is 2.06. The molecule has 1 aromatic rings. The lowest BCUT2D eigenvalue weighted by atomic mass is 9.79. The Bertz CT molecular complexity index is 478. The van der Waals surface area contributed by atoms with Crippen LogP contribution in [0.3, 0.4) is 0 Å². The first-order valence-corrected chi connectivity index (χ1v) is 6.99. The Morgan fingerprint density at radius 3 is 2.70 bits per heavy atom. The van der Waals surface area contributed by atoms with Crippen molar-refractivity contribution >= 4 is 5.91 Å². The number of aromatic hydroxyl groups is 1. The van der Waals surface area contributed by atoms with E-state index in [0.29, 0.717) is 6.54 Å². The van der Waals surface area contributed by atoms with E-state index < -0.39 is 11.7 Å². The van der Waals surface area contributed by atoms with Gasteiger partial charge < -0.3 is 15.5 Å². The Morgan fingerprint density at radius 2 is 2.00 bits per heavy atom. The van der Waals surface area contributed by atoms with Crippen LogP contribution in [0.15, 0.2) is 18.2 Å². The van der Waals surface area contributed by atoms with Crippen LogP contribution in [0.4, 0.5) is 4.39 Å². The van der Waals surface area contributed by atoms with Gasteiger partial charge in [-0.2, -0.15) is 0 Å². The van der Waals surface area contributed by atoms with Crippen molar-refractivity contribution in [2.45, 2.75) is 25.7 Å². The zero-order valence-electron chi connectivity index (χ0n) is 11.3. The van der Waals surface area contributed by atoms with Crippen molar-refractivity contribution in [3.63, 3.8) is 0 Å². The second-order valence-corrected chi connectivity index (χ2v) is 5.36. The van der Waals surface area contributed by atoms with Crippen LogP contribution in [0.5, 0.6) is 5.75 Å². The third-order valence-electron chi connectivity index (χ3n) is 4.03. The minimum absolute atomic E-state index is 0.0543. The van der Waals surface area contributed by atoms with Gasteiger partial charge in [0.1, 0.15) is 11.6 Å². The van der Waals surface area contributed by atoms with Gasteiger partial charge in [0.2, 0.25) is 0 Å². The fourth-order valence-electron chi connectivity index (χ4n) is 2.80. The number of benzene rings is 1. The van der Waals surface area contributed by atoms with Crippen LogP contribution in [0.2, 0.25) is 0 Å². The Balaban J connectivity index is 1.96. The molecule has 2 atom stereocenters.